The van der Waals surface area contributed by atoms with Crippen molar-refractivity contribution in [1.29, 1.82) is 0 Å². The Bertz CT molecular complexity index is 761. The van der Waals surface area contributed by atoms with Crippen LogP contribution in [-0.2, 0) is 20.6 Å². The zero-order valence-corrected chi connectivity index (χ0v) is 15.4. The molecule has 0 spiro atoms. The highest BCUT2D eigenvalue weighted by Crippen LogP contribution is 2.06. The second kappa shape index (κ2) is 8.73. The summed E-state index contributed by atoms with van der Waals surface area (Å²) in [4.78, 5) is 30.5. The van der Waals surface area contributed by atoms with Gasteiger partial charge in [0.05, 0.1) is 6.33 Å². The second-order valence-electron chi connectivity index (χ2n) is 5.04. The minimum absolute atomic E-state index is 0. The van der Waals surface area contributed by atoms with Gasteiger partial charge in [-0.1, -0.05) is 0 Å². The third kappa shape index (κ3) is 4.09. The molecule has 0 bridgehead atoms. The normalized spacial score (nSPS) is 11.2. The SMILES string of the molecule is Cl.Cn1c(=O)c2c(ncn2CCN(CCCl)CCCl)n(C)c1=O. The lowest BCUT2D eigenvalue weighted by atomic mass is 10.4. The minimum atomic E-state index is -0.381. The van der Waals surface area contributed by atoms with Crippen molar-refractivity contribution in [3.8, 4) is 0 Å². The summed E-state index contributed by atoms with van der Waals surface area (Å²) in [6.07, 6.45) is 1.59. The maximum atomic E-state index is 12.3. The molecular weight excluding hydrogens is 365 g/mol. The quantitative estimate of drug-likeness (QED) is 0.657. The third-order valence-electron chi connectivity index (χ3n) is 3.68. The summed E-state index contributed by atoms with van der Waals surface area (Å²) >= 11 is 11.6. The molecule has 0 aliphatic heterocycles. The van der Waals surface area contributed by atoms with Gasteiger partial charge in [0.1, 0.15) is 0 Å². The van der Waals surface area contributed by atoms with Gasteiger partial charge < -0.3 is 4.57 Å². The van der Waals surface area contributed by atoms with Crippen molar-refractivity contribution in [3.05, 3.63) is 27.2 Å². The van der Waals surface area contributed by atoms with E-state index in [4.69, 9.17) is 23.2 Å². The van der Waals surface area contributed by atoms with Crippen LogP contribution in [0.3, 0.4) is 0 Å². The van der Waals surface area contributed by atoms with Gasteiger partial charge in [0.25, 0.3) is 5.56 Å². The Balaban J connectivity index is 0.00000264. The van der Waals surface area contributed by atoms with E-state index in [-0.39, 0.29) is 23.7 Å². The van der Waals surface area contributed by atoms with Crippen LogP contribution >= 0.6 is 35.6 Å². The molecule has 0 fully saturated rings. The smallest absolute Gasteiger partial charge is 0.323 e. The molecule has 0 saturated carbocycles. The fourth-order valence-corrected chi connectivity index (χ4v) is 2.87. The molecule has 0 amide bonds. The van der Waals surface area contributed by atoms with Crippen LogP contribution in [0.15, 0.2) is 15.9 Å². The number of aromatic nitrogens is 4. The number of aryl methyl sites for hydroxylation is 1. The summed E-state index contributed by atoms with van der Waals surface area (Å²) in [5.41, 5.74) is 0.112. The monoisotopic (exact) mass is 383 g/mol. The summed E-state index contributed by atoms with van der Waals surface area (Å²) < 4.78 is 4.24. The lowest BCUT2D eigenvalue weighted by Crippen LogP contribution is -2.38. The molecule has 2 aromatic rings. The Morgan fingerprint density at radius 3 is 2.26 bits per heavy atom. The Morgan fingerprint density at radius 1 is 1.09 bits per heavy atom. The maximum Gasteiger partial charge on any atom is 0.332 e. The van der Waals surface area contributed by atoms with Gasteiger partial charge in [-0.3, -0.25) is 18.8 Å². The van der Waals surface area contributed by atoms with Crippen molar-refractivity contribution >= 4 is 46.8 Å². The molecule has 2 heterocycles. The molecule has 2 rings (SSSR count). The number of hydrogen-bond donors (Lipinski definition) is 0. The molecule has 130 valence electrons. The van der Waals surface area contributed by atoms with E-state index >= 15 is 0 Å². The van der Waals surface area contributed by atoms with Crippen molar-refractivity contribution in [3.63, 3.8) is 0 Å². The van der Waals surface area contributed by atoms with Crippen LogP contribution in [0.4, 0.5) is 0 Å². The van der Waals surface area contributed by atoms with E-state index < -0.39 is 0 Å². The van der Waals surface area contributed by atoms with Gasteiger partial charge in [0.2, 0.25) is 0 Å². The van der Waals surface area contributed by atoms with Gasteiger partial charge >= 0.3 is 5.69 Å². The first-order valence-electron chi connectivity index (χ1n) is 6.96. The standard InChI is InChI=1S/C13H19Cl2N5O2.ClH/c1-17-11-10(12(21)18(2)13(17)22)20(9-16-11)8-7-19(5-3-14)6-4-15;/h9H,3-8H2,1-2H3;1H. The van der Waals surface area contributed by atoms with Gasteiger partial charge in [-0.15, -0.1) is 35.6 Å². The van der Waals surface area contributed by atoms with Crippen molar-refractivity contribution in [1.82, 2.24) is 23.6 Å². The number of imidazole rings is 1. The molecule has 0 radical (unpaired) electrons. The second-order valence-corrected chi connectivity index (χ2v) is 5.79. The van der Waals surface area contributed by atoms with Crippen molar-refractivity contribution in [2.75, 3.05) is 31.4 Å². The van der Waals surface area contributed by atoms with Gasteiger partial charge in [0, 0.05) is 52.0 Å². The van der Waals surface area contributed by atoms with Crippen LogP contribution in [0.5, 0.6) is 0 Å². The van der Waals surface area contributed by atoms with Crippen molar-refractivity contribution < 1.29 is 0 Å². The lowest BCUT2D eigenvalue weighted by Gasteiger charge is -2.20. The summed E-state index contributed by atoms with van der Waals surface area (Å²) in [6.45, 7) is 2.75. The molecule has 0 saturated heterocycles. The van der Waals surface area contributed by atoms with Gasteiger partial charge in [-0.25, -0.2) is 9.78 Å². The predicted octanol–water partition coefficient (Wildman–Crippen LogP) is 0.635. The van der Waals surface area contributed by atoms with E-state index in [1.807, 2.05) is 0 Å². The number of halogens is 3. The Kier molecular flexibility index (Phi) is 7.60. The van der Waals surface area contributed by atoms with Gasteiger partial charge in [-0.2, -0.15) is 0 Å². The lowest BCUT2D eigenvalue weighted by molar-refractivity contribution is 0.295. The average Bonchev–Trinajstić information content (AvgIpc) is 2.93. The number of alkyl halides is 2. The van der Waals surface area contributed by atoms with E-state index in [1.165, 1.54) is 11.6 Å². The molecule has 23 heavy (non-hydrogen) atoms. The fourth-order valence-electron chi connectivity index (χ4n) is 2.39. The molecular formula is C13H20Cl3N5O2. The van der Waals surface area contributed by atoms with E-state index in [2.05, 4.69) is 9.88 Å². The maximum absolute atomic E-state index is 12.3. The van der Waals surface area contributed by atoms with Crippen LogP contribution in [0.25, 0.3) is 11.2 Å². The molecule has 0 aliphatic rings. The number of nitrogens with zero attached hydrogens (tertiary/aromatic N) is 5. The van der Waals surface area contributed by atoms with Crippen molar-refractivity contribution in [2.24, 2.45) is 14.1 Å². The topological polar surface area (TPSA) is 65.1 Å². The molecule has 0 aromatic carbocycles. The first-order chi connectivity index (χ1) is 10.5. The fraction of sp³-hybridized carbons (Fsp3) is 0.615. The highest BCUT2D eigenvalue weighted by molar-refractivity contribution is 6.18. The predicted molar refractivity (Wildman–Crippen MR) is 95.3 cm³/mol. The zero-order chi connectivity index (χ0) is 16.3. The van der Waals surface area contributed by atoms with Crippen LogP contribution in [0.1, 0.15) is 0 Å². The summed E-state index contributed by atoms with van der Waals surface area (Å²) in [7, 11) is 3.07. The summed E-state index contributed by atoms with van der Waals surface area (Å²) in [5.74, 6) is 1.05. The number of fused-ring (bicyclic) bond motifs is 1. The zero-order valence-electron chi connectivity index (χ0n) is 13.0. The van der Waals surface area contributed by atoms with Crippen LogP contribution in [0.2, 0.25) is 0 Å². The number of rotatable bonds is 7. The Morgan fingerprint density at radius 2 is 1.70 bits per heavy atom. The van der Waals surface area contributed by atoms with E-state index in [0.717, 1.165) is 17.7 Å². The summed E-state index contributed by atoms with van der Waals surface area (Å²) in [6, 6.07) is 0. The van der Waals surface area contributed by atoms with Crippen LogP contribution in [-0.4, -0.2) is 55.0 Å². The molecule has 2 aromatic heterocycles. The molecule has 10 heteroatoms. The first-order valence-corrected chi connectivity index (χ1v) is 8.03. The molecule has 0 unspecified atom stereocenters. The minimum Gasteiger partial charge on any atom is -0.323 e. The van der Waals surface area contributed by atoms with E-state index in [9.17, 15) is 9.59 Å². The summed E-state index contributed by atoms with van der Waals surface area (Å²) in [5, 5.41) is 0. The number of hydrogen-bond acceptors (Lipinski definition) is 4. The molecule has 7 nitrogen and oxygen atoms in total. The third-order valence-corrected chi connectivity index (χ3v) is 4.01. The highest BCUT2D eigenvalue weighted by Gasteiger charge is 2.14. The van der Waals surface area contributed by atoms with Gasteiger partial charge in [-0.05, 0) is 0 Å². The molecule has 0 N–H and O–H groups in total. The largest absolute Gasteiger partial charge is 0.332 e. The van der Waals surface area contributed by atoms with Crippen molar-refractivity contribution in [2.45, 2.75) is 6.54 Å². The first kappa shape index (κ1) is 20.0. The van der Waals surface area contributed by atoms with E-state index in [1.54, 1.807) is 17.9 Å². The Hall–Kier alpha value is -1.02. The molecule has 0 atom stereocenters. The van der Waals surface area contributed by atoms with Gasteiger partial charge in [0.15, 0.2) is 11.2 Å². The Labute approximate surface area is 149 Å². The van der Waals surface area contributed by atoms with E-state index in [0.29, 0.717) is 36.0 Å². The average molecular weight is 385 g/mol. The highest BCUT2D eigenvalue weighted by atomic mass is 35.5. The van der Waals surface area contributed by atoms with Crippen LogP contribution < -0.4 is 11.2 Å². The molecule has 0 aliphatic carbocycles. The van der Waals surface area contributed by atoms with Crippen LogP contribution in [0, 0.1) is 0 Å².